The minimum Gasteiger partial charge on any atom is -0.363 e. The van der Waals surface area contributed by atoms with Crippen molar-refractivity contribution in [1.82, 2.24) is 5.32 Å². The predicted molar refractivity (Wildman–Crippen MR) is 166 cm³/mol. The molecular formula is C32H36ClN8O+. The highest BCUT2D eigenvalue weighted by Crippen LogP contribution is 2.33. The van der Waals surface area contributed by atoms with Crippen LogP contribution in [0.1, 0.15) is 78.0 Å². The molecule has 1 unspecified atom stereocenters. The van der Waals surface area contributed by atoms with Crippen molar-refractivity contribution in [2.24, 2.45) is 20.8 Å². The van der Waals surface area contributed by atoms with Crippen LogP contribution in [0.2, 0.25) is 5.02 Å². The summed E-state index contributed by atoms with van der Waals surface area (Å²) < 4.78 is 0. The van der Waals surface area contributed by atoms with Crippen LogP contribution in [0.25, 0.3) is 0 Å². The zero-order valence-corrected chi connectivity index (χ0v) is 24.5. The molecule has 1 saturated carbocycles. The predicted octanol–water partition coefficient (Wildman–Crippen LogP) is 5.29. The van der Waals surface area contributed by atoms with Crippen LogP contribution in [0.15, 0.2) is 87.9 Å². The van der Waals surface area contributed by atoms with E-state index in [9.17, 15) is 10.1 Å². The van der Waals surface area contributed by atoms with Gasteiger partial charge in [0.1, 0.15) is 6.54 Å². The van der Waals surface area contributed by atoms with E-state index < -0.39 is 5.91 Å². The average molecular weight is 584 g/mol. The number of guanidine groups is 2. The summed E-state index contributed by atoms with van der Waals surface area (Å²) in [6.45, 7) is 2.46. The molecule has 0 aromatic heterocycles. The number of nitriles is 1. The second kappa shape index (κ2) is 14.9. The molecule has 42 heavy (non-hydrogen) atoms. The highest BCUT2D eigenvalue weighted by Gasteiger charge is 2.20. The molecule has 0 heterocycles. The maximum Gasteiger partial charge on any atom is 0.288 e. The molecule has 5 N–H and O–H groups in total. The number of carbonyl (C=O) groups excluding carboxylic acids is 1. The van der Waals surface area contributed by atoms with Crippen LogP contribution < -0.4 is 21.5 Å². The molecule has 1 amide bonds. The topological polar surface area (TPSA) is 145 Å². The summed E-state index contributed by atoms with van der Waals surface area (Å²) in [5, 5.41) is 16.8. The lowest BCUT2D eigenvalue weighted by molar-refractivity contribution is -0.207. The Kier molecular flexibility index (Phi) is 10.8. The summed E-state index contributed by atoms with van der Waals surface area (Å²) in [7, 11) is 0. The molecule has 3 aromatic rings. The van der Waals surface area contributed by atoms with Gasteiger partial charge in [-0.15, -0.1) is 5.53 Å². The molecule has 0 saturated heterocycles. The van der Waals surface area contributed by atoms with E-state index in [-0.39, 0.29) is 18.5 Å². The number of halogens is 1. The largest absolute Gasteiger partial charge is 0.363 e. The van der Waals surface area contributed by atoms with Crippen molar-refractivity contribution in [1.29, 1.82) is 5.26 Å². The Labute approximate surface area is 251 Å². The number of nitrogens with zero attached hydrogens (tertiary/aromatic N) is 5. The summed E-state index contributed by atoms with van der Waals surface area (Å²) in [5.74, 6) is 0.334. The number of benzene rings is 3. The van der Waals surface area contributed by atoms with Crippen LogP contribution >= 0.6 is 11.6 Å². The Bertz CT molecular complexity index is 1450. The van der Waals surface area contributed by atoms with Gasteiger partial charge in [-0.05, 0) is 78.8 Å². The Hall–Kier alpha value is -4.55. The fourth-order valence-corrected chi connectivity index (χ4v) is 5.26. The Morgan fingerprint density at radius 3 is 2.36 bits per heavy atom. The zero-order valence-electron chi connectivity index (χ0n) is 23.7. The average Bonchev–Trinajstić information content (AvgIpc) is 3.03. The molecular weight excluding hydrogens is 548 g/mol. The van der Waals surface area contributed by atoms with Gasteiger partial charge in [0.05, 0.1) is 18.7 Å². The van der Waals surface area contributed by atoms with Crippen molar-refractivity contribution in [2.45, 2.75) is 57.5 Å². The number of amides is 1. The van der Waals surface area contributed by atoms with E-state index in [0.717, 1.165) is 16.8 Å². The molecule has 1 aliphatic rings. The van der Waals surface area contributed by atoms with E-state index in [2.05, 4.69) is 55.7 Å². The van der Waals surface area contributed by atoms with Crippen molar-refractivity contribution < 1.29 is 10.3 Å². The van der Waals surface area contributed by atoms with Crippen LogP contribution in [0.5, 0.6) is 0 Å². The molecule has 1 aliphatic carbocycles. The third-order valence-corrected chi connectivity index (χ3v) is 7.69. The maximum atomic E-state index is 12.4. The van der Waals surface area contributed by atoms with E-state index in [4.69, 9.17) is 22.9 Å². The van der Waals surface area contributed by atoms with Gasteiger partial charge in [0.25, 0.3) is 11.9 Å². The Balaban J connectivity index is 1.65. The van der Waals surface area contributed by atoms with Crippen LogP contribution in [0, 0.1) is 11.3 Å². The summed E-state index contributed by atoms with van der Waals surface area (Å²) in [6.07, 6.45) is 6.29. The molecule has 1 atom stereocenters. The first kappa shape index (κ1) is 30.4. The monoisotopic (exact) mass is 583 g/mol. The molecule has 1 fully saturated rings. The number of aliphatic imine (C=N–C) groups is 2. The first-order valence-corrected chi connectivity index (χ1v) is 14.4. The molecule has 0 bridgehead atoms. The Morgan fingerprint density at radius 1 is 1.07 bits per heavy atom. The van der Waals surface area contributed by atoms with E-state index in [1.54, 1.807) is 12.1 Å². The minimum atomic E-state index is -0.530. The zero-order chi connectivity index (χ0) is 29.9. The van der Waals surface area contributed by atoms with E-state index in [0.29, 0.717) is 29.0 Å². The number of nitrogens with one attached hydrogen (secondary N) is 1. The third-order valence-electron chi connectivity index (χ3n) is 7.44. The summed E-state index contributed by atoms with van der Waals surface area (Å²) in [5.41, 5.74) is 15.2. The molecule has 4 rings (SSSR count). The van der Waals surface area contributed by atoms with Crippen LogP contribution in [-0.2, 0) is 6.54 Å². The van der Waals surface area contributed by atoms with Crippen molar-refractivity contribution in [3.05, 3.63) is 100 Å². The van der Waals surface area contributed by atoms with Gasteiger partial charge in [-0.2, -0.15) is 10.3 Å². The molecule has 0 radical (unpaired) electrons. The SMILES string of the molecule is CC(NC(=NCC#N)N(Cc1ccc(C(=O)N=C(N)N=[NH2+])cc1)c1ccc(C2CCCCC2)cc1)c1ccc(Cl)cc1. The number of carbonyl (C=O) groups is 1. The fraction of sp³-hybridized carbons (Fsp3) is 0.312. The van der Waals surface area contributed by atoms with Gasteiger partial charge >= 0.3 is 0 Å². The molecule has 3 aromatic carbocycles. The van der Waals surface area contributed by atoms with Crippen LogP contribution in [0.4, 0.5) is 5.69 Å². The normalized spacial score (nSPS) is 15.0. The fourth-order valence-electron chi connectivity index (χ4n) is 5.13. The minimum absolute atomic E-state index is 0.00854. The Morgan fingerprint density at radius 2 is 1.74 bits per heavy atom. The van der Waals surface area contributed by atoms with Crippen molar-refractivity contribution in [3.8, 4) is 6.07 Å². The van der Waals surface area contributed by atoms with Gasteiger partial charge in [0, 0.05) is 21.4 Å². The number of anilines is 1. The highest BCUT2D eigenvalue weighted by atomic mass is 35.5. The number of nitrogens with two attached hydrogens (primary N) is 2. The smallest absolute Gasteiger partial charge is 0.288 e. The summed E-state index contributed by atoms with van der Waals surface area (Å²) >= 11 is 6.11. The van der Waals surface area contributed by atoms with Crippen molar-refractivity contribution in [3.63, 3.8) is 0 Å². The first-order chi connectivity index (χ1) is 20.4. The summed E-state index contributed by atoms with van der Waals surface area (Å²) in [6, 6.07) is 25.4. The third kappa shape index (κ3) is 8.24. The van der Waals surface area contributed by atoms with Gasteiger partial charge < -0.3 is 16.0 Å². The van der Waals surface area contributed by atoms with Crippen LogP contribution in [-0.4, -0.2) is 24.4 Å². The van der Waals surface area contributed by atoms with E-state index >= 15 is 0 Å². The maximum absolute atomic E-state index is 12.4. The first-order valence-electron chi connectivity index (χ1n) is 14.1. The molecule has 216 valence electrons. The van der Waals surface area contributed by atoms with Gasteiger partial charge in [0.15, 0.2) is 5.96 Å². The number of hydrogen-bond acceptors (Lipinski definition) is 3. The quantitative estimate of drug-likeness (QED) is 0.143. The van der Waals surface area contributed by atoms with Gasteiger partial charge in [-0.1, -0.05) is 67.3 Å². The van der Waals surface area contributed by atoms with Crippen LogP contribution in [0.3, 0.4) is 0 Å². The van der Waals surface area contributed by atoms with Gasteiger partial charge in [0.2, 0.25) is 0 Å². The second-order valence-electron chi connectivity index (χ2n) is 10.3. The number of rotatable bonds is 8. The summed E-state index contributed by atoms with van der Waals surface area (Å²) in [4.78, 5) is 22.7. The van der Waals surface area contributed by atoms with E-state index in [1.807, 2.05) is 43.3 Å². The van der Waals surface area contributed by atoms with Crippen molar-refractivity contribution >= 4 is 35.1 Å². The lowest BCUT2D eigenvalue weighted by atomic mass is 9.84. The molecule has 0 aliphatic heterocycles. The lowest BCUT2D eigenvalue weighted by Gasteiger charge is -2.30. The van der Waals surface area contributed by atoms with Gasteiger partial charge in [-0.25, -0.2) is 4.99 Å². The van der Waals surface area contributed by atoms with E-state index in [1.165, 1.54) is 37.7 Å². The second-order valence-corrected chi connectivity index (χ2v) is 10.8. The molecule has 9 nitrogen and oxygen atoms in total. The lowest BCUT2D eigenvalue weighted by Crippen LogP contribution is -2.42. The van der Waals surface area contributed by atoms with Crippen molar-refractivity contribution in [2.75, 3.05) is 11.4 Å². The number of hydrogen-bond donors (Lipinski definition) is 3. The van der Waals surface area contributed by atoms with Gasteiger partial charge in [-0.3, -0.25) is 4.79 Å². The standard InChI is InChI=1S/C32H35ClN8O/c1-22(24-11-15-28(33)16-12-24)38-32(37-20-19-34)41(29-17-13-26(14-18-29)25-5-3-2-4-6-25)21-23-7-9-27(10-8-23)30(42)39-31(35)40-36/h7-18,22,25,36H,2-6,20-21H2,1H3,(H,37,38)(H2,35,39,42)/p+1. The molecule has 0 spiro atoms. The molecule has 10 heteroatoms. The highest BCUT2D eigenvalue weighted by molar-refractivity contribution is 6.30.